The molecular formula is C5H13BrN2OP. The molecular weight excluding hydrogens is 215 g/mol. The lowest BCUT2D eigenvalue weighted by Gasteiger charge is -2.35. The lowest BCUT2D eigenvalue weighted by Crippen LogP contribution is -2.19. The summed E-state index contributed by atoms with van der Waals surface area (Å²) in [5.74, 6) is 0. The van der Waals surface area contributed by atoms with Crippen LogP contribution in [0.1, 0.15) is 0 Å². The average molecular weight is 228 g/mol. The fourth-order valence-corrected chi connectivity index (χ4v) is 5.06. The number of hydrogen-bond donors (Lipinski definition) is 1. The summed E-state index contributed by atoms with van der Waals surface area (Å²) in [6.07, 6.45) is 0. The minimum atomic E-state index is -1.90. The zero-order chi connectivity index (χ0) is 7.78. The van der Waals surface area contributed by atoms with Gasteiger partial charge in [-0.2, -0.15) is 0 Å². The van der Waals surface area contributed by atoms with Crippen molar-refractivity contribution in [3.8, 4) is 0 Å². The van der Waals surface area contributed by atoms with Crippen LogP contribution in [0.2, 0.25) is 0 Å². The molecule has 1 aliphatic rings. The van der Waals surface area contributed by atoms with E-state index in [4.69, 9.17) is 0 Å². The van der Waals surface area contributed by atoms with Crippen LogP contribution in [0, 0.1) is 0 Å². The van der Waals surface area contributed by atoms with Gasteiger partial charge in [-0.3, -0.25) is 9.34 Å². The zero-order valence-corrected chi connectivity index (χ0v) is 8.77. The van der Waals surface area contributed by atoms with Crippen LogP contribution < -0.4 is 0 Å². The largest absolute Gasteiger partial charge is 0.353 e. The van der Waals surface area contributed by atoms with Gasteiger partial charge in [-0.15, -0.1) is 0 Å². The van der Waals surface area contributed by atoms with Crippen LogP contribution in [0.25, 0.3) is 0 Å². The Hall–Kier alpha value is 0.790. The molecule has 1 rings (SSSR count). The molecule has 0 saturated carbocycles. The predicted octanol–water partition coefficient (Wildman–Crippen LogP) is 0.971. The first-order valence-corrected chi connectivity index (χ1v) is 6.16. The molecule has 0 spiro atoms. The third-order valence-corrected chi connectivity index (χ3v) is 6.93. The minimum Gasteiger partial charge on any atom is -0.353 e. The van der Waals surface area contributed by atoms with E-state index in [1.165, 1.54) is 0 Å². The van der Waals surface area contributed by atoms with E-state index >= 15 is 0 Å². The highest BCUT2D eigenvalue weighted by Gasteiger charge is 2.38. The number of likely N-dealkylation sites (N-methyl/N-ethyl adjacent to an activating group) is 2. The third kappa shape index (κ3) is 1.23. The number of alkyl halides is 1. The van der Waals surface area contributed by atoms with Gasteiger partial charge in [-0.05, 0) is 14.1 Å². The Labute approximate surface area is 70.7 Å². The van der Waals surface area contributed by atoms with Gasteiger partial charge < -0.3 is 4.89 Å². The van der Waals surface area contributed by atoms with Crippen molar-refractivity contribution in [2.75, 3.05) is 32.3 Å². The highest BCUT2D eigenvalue weighted by Crippen LogP contribution is 2.63. The maximum Gasteiger partial charge on any atom is 0.122 e. The normalized spacial score (nSPS) is 27.6. The lowest BCUT2D eigenvalue weighted by molar-refractivity contribution is 0.469. The summed E-state index contributed by atoms with van der Waals surface area (Å²) in [7, 11) is 2.04. The first kappa shape index (κ1) is 8.88. The van der Waals surface area contributed by atoms with Crippen molar-refractivity contribution in [3.05, 3.63) is 0 Å². The van der Waals surface area contributed by atoms with E-state index < -0.39 is 7.79 Å². The number of halogens is 1. The highest BCUT2D eigenvalue weighted by molar-refractivity contribution is 9.10. The predicted molar refractivity (Wildman–Crippen MR) is 48.2 cm³/mol. The molecule has 5 heteroatoms. The zero-order valence-electron chi connectivity index (χ0n) is 6.29. The Bertz CT molecular complexity index is 125. The van der Waals surface area contributed by atoms with Crippen LogP contribution in [-0.4, -0.2) is 46.5 Å². The minimum absolute atomic E-state index is 0.688. The molecule has 0 aromatic carbocycles. The molecule has 1 saturated heterocycles. The van der Waals surface area contributed by atoms with Gasteiger partial charge in [0.15, 0.2) is 0 Å². The SMILES string of the molecule is CN1CCN(C)[P]1(O)CBr. The van der Waals surface area contributed by atoms with Gasteiger partial charge in [0.1, 0.15) is 7.79 Å². The molecule has 0 aromatic rings. The molecule has 61 valence electrons. The first-order valence-electron chi connectivity index (χ1n) is 3.21. The van der Waals surface area contributed by atoms with Gasteiger partial charge in [0.25, 0.3) is 0 Å². The van der Waals surface area contributed by atoms with Crippen LogP contribution in [-0.2, 0) is 0 Å². The smallest absolute Gasteiger partial charge is 0.122 e. The van der Waals surface area contributed by atoms with Crippen molar-refractivity contribution < 1.29 is 4.89 Å². The summed E-state index contributed by atoms with van der Waals surface area (Å²) in [6, 6.07) is 0. The first-order chi connectivity index (χ1) is 4.61. The van der Waals surface area contributed by atoms with E-state index in [0.717, 1.165) is 13.1 Å². The van der Waals surface area contributed by atoms with Crippen molar-refractivity contribution in [3.63, 3.8) is 0 Å². The monoisotopic (exact) mass is 227 g/mol. The summed E-state index contributed by atoms with van der Waals surface area (Å²) < 4.78 is 4.09. The van der Waals surface area contributed by atoms with E-state index in [-0.39, 0.29) is 0 Å². The van der Waals surface area contributed by atoms with Gasteiger partial charge in [-0.1, -0.05) is 15.9 Å². The molecule has 0 amide bonds. The fraction of sp³-hybridized carbons (Fsp3) is 1.00. The van der Waals surface area contributed by atoms with Gasteiger partial charge in [-0.25, -0.2) is 0 Å². The Morgan fingerprint density at radius 2 is 1.80 bits per heavy atom. The standard InChI is InChI=1S/C5H13BrN2OP/c1-7-3-4-8(2)10(7,9)5-6/h9H,3-5H2,1-2H3. The topological polar surface area (TPSA) is 26.7 Å². The lowest BCUT2D eigenvalue weighted by atomic mass is 10.6. The Morgan fingerprint density at radius 3 is 2.00 bits per heavy atom. The van der Waals surface area contributed by atoms with E-state index in [9.17, 15) is 4.89 Å². The Balaban J connectivity index is 2.70. The molecule has 10 heavy (non-hydrogen) atoms. The van der Waals surface area contributed by atoms with E-state index in [1.54, 1.807) is 0 Å². The molecule has 1 aliphatic heterocycles. The van der Waals surface area contributed by atoms with Crippen LogP contribution in [0.5, 0.6) is 0 Å². The van der Waals surface area contributed by atoms with Crippen molar-refractivity contribution in [1.82, 2.24) is 9.34 Å². The van der Waals surface area contributed by atoms with Gasteiger partial charge >= 0.3 is 0 Å². The van der Waals surface area contributed by atoms with Crippen molar-refractivity contribution >= 4 is 23.7 Å². The van der Waals surface area contributed by atoms with E-state index in [1.807, 2.05) is 23.4 Å². The molecule has 0 atom stereocenters. The summed E-state index contributed by atoms with van der Waals surface area (Å²) in [4.78, 5) is 9.95. The molecule has 0 bridgehead atoms. The average Bonchev–Trinajstić information content (AvgIpc) is 2.18. The fourth-order valence-electron chi connectivity index (χ4n) is 1.05. The maximum absolute atomic E-state index is 9.95. The van der Waals surface area contributed by atoms with Crippen LogP contribution >= 0.6 is 23.7 Å². The molecule has 1 radical (unpaired) electrons. The van der Waals surface area contributed by atoms with Crippen molar-refractivity contribution in [1.29, 1.82) is 0 Å². The molecule has 0 aliphatic carbocycles. The summed E-state index contributed by atoms with van der Waals surface area (Å²) in [5.41, 5.74) is 0. The molecule has 3 nitrogen and oxygen atoms in total. The van der Waals surface area contributed by atoms with Crippen LogP contribution in [0.4, 0.5) is 0 Å². The van der Waals surface area contributed by atoms with E-state index in [0.29, 0.717) is 5.07 Å². The number of rotatable bonds is 1. The Kier molecular flexibility index (Phi) is 2.69. The van der Waals surface area contributed by atoms with Crippen LogP contribution in [0.15, 0.2) is 0 Å². The molecule has 0 unspecified atom stereocenters. The quantitative estimate of drug-likeness (QED) is 0.535. The van der Waals surface area contributed by atoms with Gasteiger partial charge in [0.05, 0.1) is 5.07 Å². The molecule has 1 heterocycles. The van der Waals surface area contributed by atoms with Crippen LogP contribution in [0.3, 0.4) is 0 Å². The second-order valence-corrected chi connectivity index (χ2v) is 7.07. The van der Waals surface area contributed by atoms with Crippen molar-refractivity contribution in [2.45, 2.75) is 0 Å². The molecule has 1 fully saturated rings. The number of nitrogens with zero attached hydrogens (tertiary/aromatic N) is 2. The summed E-state index contributed by atoms with van der Waals surface area (Å²) in [6.45, 7) is 1.96. The van der Waals surface area contributed by atoms with Gasteiger partial charge in [0.2, 0.25) is 0 Å². The second kappa shape index (κ2) is 3.03. The van der Waals surface area contributed by atoms with Crippen molar-refractivity contribution in [2.24, 2.45) is 0 Å². The second-order valence-electron chi connectivity index (χ2n) is 2.57. The van der Waals surface area contributed by atoms with E-state index in [2.05, 4.69) is 15.9 Å². The molecule has 0 aromatic heterocycles. The van der Waals surface area contributed by atoms with Gasteiger partial charge in [0, 0.05) is 13.1 Å². The third-order valence-electron chi connectivity index (χ3n) is 2.00. The number of hydrogen-bond acceptors (Lipinski definition) is 3. The summed E-state index contributed by atoms with van der Waals surface area (Å²) in [5, 5.41) is 0.688. The summed E-state index contributed by atoms with van der Waals surface area (Å²) >= 11 is 3.33. The maximum atomic E-state index is 9.95. The molecule has 1 N–H and O–H groups in total. The Morgan fingerprint density at radius 1 is 1.40 bits per heavy atom. The highest BCUT2D eigenvalue weighted by atomic mass is 79.9.